The molecule has 28 heteroatoms. The van der Waals surface area contributed by atoms with Crippen LogP contribution in [0.15, 0.2) is 121 Å². The topological polar surface area (TPSA) is 207 Å². The Morgan fingerprint density at radius 3 is 1.22 bits per heavy atom. The number of hydrogen-bond donors (Lipinski definition) is 2. The molecule has 12 saturated carbocycles. The number of ether oxygens (including phenoxy) is 7. The van der Waals surface area contributed by atoms with Crippen LogP contribution in [0.2, 0.25) is 0 Å². The molecule has 2 aliphatic heterocycles. The van der Waals surface area contributed by atoms with E-state index >= 15 is 0 Å². The van der Waals surface area contributed by atoms with E-state index in [-0.39, 0.29) is 157 Å². The Hall–Kier alpha value is -4.79. The van der Waals surface area contributed by atoms with Gasteiger partial charge in [-0.05, 0) is 126 Å². The van der Waals surface area contributed by atoms with E-state index in [1.165, 1.54) is 21.3 Å². The molecule has 9 radical (unpaired) electrons. The molecule has 0 spiro atoms. The molecule has 2 heterocycles. The summed E-state index contributed by atoms with van der Waals surface area (Å²) >= 11 is 0.0574. The molecular formula is C74H86B7F4I2O15-2. The van der Waals surface area contributed by atoms with Crippen molar-refractivity contribution in [3.8, 4) is 0 Å². The first kappa shape index (κ1) is 78.3. The minimum absolute atomic E-state index is 0.0287. The van der Waals surface area contributed by atoms with E-state index in [4.69, 9.17) is 69.2 Å². The van der Waals surface area contributed by atoms with Crippen LogP contribution in [0.1, 0.15) is 130 Å². The molecule has 14 atom stereocenters. The molecule has 12 aliphatic carbocycles. The third-order valence-corrected chi connectivity index (χ3v) is 29.0. The molecule has 14 aliphatic rings. The number of alkyl halides is 4. The van der Waals surface area contributed by atoms with E-state index in [9.17, 15) is 51.4 Å². The van der Waals surface area contributed by atoms with Crippen LogP contribution >= 0.6 is 0 Å². The Morgan fingerprint density at radius 1 is 0.559 bits per heavy atom. The van der Waals surface area contributed by atoms with Crippen molar-refractivity contribution < 1.29 is 132 Å². The van der Waals surface area contributed by atoms with Crippen molar-refractivity contribution in [3.05, 3.63) is 136 Å². The van der Waals surface area contributed by atoms with Crippen molar-refractivity contribution >= 4 is 86.6 Å². The summed E-state index contributed by atoms with van der Waals surface area (Å²) in [5, 5.41) is 18.6. The van der Waals surface area contributed by atoms with Gasteiger partial charge in [0, 0.05) is 100 Å². The summed E-state index contributed by atoms with van der Waals surface area (Å²) in [6.45, 7) is 4.67. The zero-order chi connectivity index (χ0) is 73.1. The van der Waals surface area contributed by atoms with Gasteiger partial charge in [-0.1, -0.05) is 13.8 Å². The second-order valence-corrected chi connectivity index (χ2v) is 36.3. The van der Waals surface area contributed by atoms with Crippen LogP contribution in [0.3, 0.4) is 0 Å². The summed E-state index contributed by atoms with van der Waals surface area (Å²) in [6, 6.07) is 42.8. The van der Waals surface area contributed by atoms with Crippen LogP contribution in [-0.2, 0) is 61.9 Å². The molecule has 102 heavy (non-hydrogen) atoms. The molecule has 12 bridgehead atoms. The number of fused-ring (bicyclic) bond motifs is 2. The quantitative estimate of drug-likeness (QED) is 0.0454. The van der Waals surface area contributed by atoms with Crippen LogP contribution in [-0.4, -0.2) is 169 Å². The Balaban J connectivity index is 0.000000136. The number of carboxylic acids is 1. The fraction of sp³-hybridized carbons (Fsp3) is 0.595. The van der Waals surface area contributed by atoms with E-state index < -0.39 is 52.9 Å². The van der Waals surface area contributed by atoms with Crippen molar-refractivity contribution in [1.29, 1.82) is 0 Å². The molecule has 0 amide bonds. The fourth-order valence-corrected chi connectivity index (χ4v) is 23.8. The molecule has 14 unspecified atom stereocenters. The first-order valence-electron chi connectivity index (χ1n) is 35.8. The van der Waals surface area contributed by atoms with Gasteiger partial charge in [0.25, 0.3) is 0 Å². The molecule has 4 aromatic rings. The van der Waals surface area contributed by atoms with Gasteiger partial charge in [-0.25, -0.2) is 19.2 Å². The van der Waals surface area contributed by atoms with Crippen LogP contribution in [0.5, 0.6) is 0 Å². The standard InChI is InChI=1S/C25H32F2O7.C22H30O6.2C12H10I.C3H4F2O2.B7/c1-3-25(34-22(30)23(2,26)27)14-4-12-5-15(25)10-24(8-12,9-14)31-11-18(28)32-19-13-6-16-17(7-13)21(29)33-20(16)19;1-2-22(25)13-3-11-4-14(22)9-21(7-11,8-13)26-10-17(23)27-18-12-5-15-16(6-12)20(24)28-19(15)18;2*1-3-7-11(8-4-1)13-12-9-5-2-6-10-12;1-3(4,5)2(6)7;1-5-7(4)6(2)3/h12-17,19-20H,3-11H2,1-2H3;11-16,18-19,25H,2-10H2,1H3;2*1-10H;1H3,(H,6,7);/q;;2*-1;;. The Kier molecular flexibility index (Phi) is 25.1. The van der Waals surface area contributed by atoms with Crippen LogP contribution in [0, 0.1) is 85.3 Å². The van der Waals surface area contributed by atoms with Gasteiger partial charge >= 0.3 is 226 Å². The first-order chi connectivity index (χ1) is 48.5. The zero-order valence-corrected chi connectivity index (χ0v) is 62.3. The summed E-state index contributed by atoms with van der Waals surface area (Å²) < 4.78 is 96.2. The van der Waals surface area contributed by atoms with Gasteiger partial charge in [-0.2, -0.15) is 17.6 Å². The fourth-order valence-electron chi connectivity index (χ4n) is 19.2. The third-order valence-electron chi connectivity index (χ3n) is 23.6. The second-order valence-electron chi connectivity index (χ2n) is 30.2. The zero-order valence-electron chi connectivity index (χ0n) is 58.0. The Morgan fingerprint density at radius 2 is 0.912 bits per heavy atom. The van der Waals surface area contributed by atoms with Gasteiger partial charge in [0.05, 0.1) is 28.6 Å². The van der Waals surface area contributed by atoms with Gasteiger partial charge in [-0.15, -0.1) is 0 Å². The number of benzene rings is 4. The van der Waals surface area contributed by atoms with E-state index in [2.05, 4.69) is 128 Å². The summed E-state index contributed by atoms with van der Waals surface area (Å²) in [5.41, 5.74) is -2.23. The Bertz CT molecular complexity index is 3370. The molecule has 537 valence electrons. The number of esters is 5. The molecule has 18 rings (SSSR count). The van der Waals surface area contributed by atoms with E-state index in [1.807, 2.05) is 6.92 Å². The van der Waals surface area contributed by atoms with Gasteiger partial charge in [0.2, 0.25) is 0 Å². The molecule has 2 saturated heterocycles. The number of carboxylic acid groups (broad SMARTS) is 1. The van der Waals surface area contributed by atoms with E-state index in [0.717, 1.165) is 83.5 Å². The second kappa shape index (κ2) is 32.7. The van der Waals surface area contributed by atoms with Gasteiger partial charge in [0.15, 0.2) is 0 Å². The number of carbonyl (C=O) groups is 6. The Labute approximate surface area is 623 Å². The predicted octanol–water partition coefficient (Wildman–Crippen LogP) is 3.33. The molecular weight excluding hydrogens is 1530 g/mol. The summed E-state index contributed by atoms with van der Waals surface area (Å²) in [7, 11) is 21.6. The number of carbonyl (C=O) groups excluding carboxylic acids is 5. The van der Waals surface area contributed by atoms with Gasteiger partial charge < -0.3 is 43.4 Å². The van der Waals surface area contributed by atoms with E-state index in [1.54, 1.807) is 0 Å². The van der Waals surface area contributed by atoms with Gasteiger partial charge in [0.1, 0.15) is 43.2 Å². The van der Waals surface area contributed by atoms with Crippen LogP contribution in [0.4, 0.5) is 17.6 Å². The molecule has 0 aromatic heterocycles. The average molecular weight is 1620 g/mol. The third kappa shape index (κ3) is 17.7. The maximum absolute atomic E-state index is 13.6. The number of halogens is 6. The van der Waals surface area contributed by atoms with Crippen molar-refractivity contribution in [2.24, 2.45) is 71.0 Å². The number of hydrogen-bond acceptors (Lipinski definition) is 14. The van der Waals surface area contributed by atoms with Crippen LogP contribution < -0.4 is 42.4 Å². The number of aliphatic carboxylic acids is 1. The summed E-state index contributed by atoms with van der Waals surface area (Å²) in [5.74, 6) is -9.44. The summed E-state index contributed by atoms with van der Waals surface area (Å²) in [4.78, 5) is 70.5. The van der Waals surface area contributed by atoms with Gasteiger partial charge in [-0.3, -0.25) is 9.59 Å². The van der Waals surface area contributed by atoms with Crippen molar-refractivity contribution in [2.75, 3.05) is 13.2 Å². The minimum atomic E-state index is -3.58. The first-order valence-corrected chi connectivity index (χ1v) is 40.1. The number of aliphatic hydroxyl groups is 1. The average Bonchev–Trinajstić information content (AvgIpc) is 1.23. The van der Waals surface area contributed by atoms with Crippen molar-refractivity contribution in [2.45, 2.75) is 189 Å². The SMILES string of the molecule is CC(F)(F)C(=O)O.CCC1(O)C2CC3CC1CC(OCC(=O)OC1C4CC5C(=O)OC1C5C4)(C3)C2.CCC1(OC(=O)C(C)(F)F)C2CC3CC1CC(OCC(=O)OC1C4CC5C(=O)OC1C5C4)(C3)C2.[B][B]B([B])B([B])[B].c1ccc([I-]c2ccccc2)cc1.c1ccc([I-]c2ccccc2)cc1. The monoisotopic (exact) mass is 1620 g/mol. The van der Waals surface area contributed by atoms with Crippen molar-refractivity contribution in [3.63, 3.8) is 0 Å². The van der Waals surface area contributed by atoms with E-state index in [0.29, 0.717) is 56.8 Å². The number of rotatable bonds is 19. The normalized spacial score (nSPS) is 34.9. The maximum atomic E-state index is 13.6. The summed E-state index contributed by atoms with van der Waals surface area (Å²) in [6.07, 6.45) is 11.0. The molecule has 14 fully saturated rings. The predicted molar refractivity (Wildman–Crippen MR) is 367 cm³/mol. The van der Waals surface area contributed by atoms with Crippen molar-refractivity contribution in [1.82, 2.24) is 0 Å². The van der Waals surface area contributed by atoms with Crippen LogP contribution in [0.25, 0.3) is 0 Å². The molecule has 4 aromatic carbocycles. The molecule has 15 nitrogen and oxygen atoms in total. The molecule has 2 N–H and O–H groups in total.